The van der Waals surface area contributed by atoms with Crippen molar-refractivity contribution < 1.29 is 52.7 Å². The number of aryl methyl sites for hydroxylation is 3. The number of aromatic nitrogens is 12. The summed E-state index contributed by atoms with van der Waals surface area (Å²) in [6.07, 6.45) is 10.3. The highest BCUT2D eigenvalue weighted by Gasteiger charge is 2.36. The summed E-state index contributed by atoms with van der Waals surface area (Å²) in [5.41, 5.74) is 11.8. The van der Waals surface area contributed by atoms with Gasteiger partial charge in [0.25, 0.3) is 0 Å². The molecule has 3 atom stereocenters. The molecule has 12 aromatic rings. The van der Waals surface area contributed by atoms with Crippen molar-refractivity contribution in [2.75, 3.05) is 71.2 Å². The van der Waals surface area contributed by atoms with Crippen LogP contribution < -0.4 is 49.0 Å². The Morgan fingerprint density at radius 3 is 1.02 bits per heavy atom. The summed E-state index contributed by atoms with van der Waals surface area (Å²) in [4.78, 5) is 86.5. The van der Waals surface area contributed by atoms with Crippen LogP contribution in [-0.4, -0.2) is 97.8 Å². The van der Waals surface area contributed by atoms with Gasteiger partial charge in [0.15, 0.2) is 86.7 Å². The van der Waals surface area contributed by atoms with E-state index in [1.54, 1.807) is 57.6 Å². The summed E-state index contributed by atoms with van der Waals surface area (Å²) < 4.78 is 182. The largest absolute Gasteiger partial charge is 0.397 e. The molecule has 0 aliphatic carbocycles. The van der Waals surface area contributed by atoms with Gasteiger partial charge >= 0.3 is 17.1 Å². The minimum atomic E-state index is -1.92. The molecule has 21 nitrogen and oxygen atoms in total. The number of piperidine rings is 3. The van der Waals surface area contributed by atoms with Gasteiger partial charge in [-0.3, -0.25) is 15.0 Å². The molecule has 0 unspecified atom stereocenters. The number of nitrogens with zero attached hydrogens (tertiary/aromatic N) is 15. The molecule has 0 bridgehead atoms. The Bertz CT molecular complexity index is 5690. The first kappa shape index (κ1) is 86.7. The number of halogens is 15. The number of pyridine rings is 6. The Labute approximate surface area is 694 Å². The summed E-state index contributed by atoms with van der Waals surface area (Å²) in [5.74, 6) is -17.0. The SMILES string of the molecule is Cc1ccnc(C(C)C)c1-n1c(=O)nc(N2CCC[C@H](C)C2)c2cc(F)c(-c3c(F)c(N)c(F)c(F)c3Cl)nc21.Cc1ccnc(C(C)C)c1-n1c(=O)nc(N2CCC[C@H](C)C2)c2cc(F)c(-c3c(N)c(Cl)c(F)c(F)c3F)nc21.Cc1ccnc(C(C)C)c1-n1c(=O)nc(N2CCC[C@H](C)C2)c2cc(F)c(-c3c(N)c(F)c(F)c(Cl)c3F)nc21. The van der Waals surface area contributed by atoms with Gasteiger partial charge in [-0.15, -0.1) is 0 Å². The van der Waals surface area contributed by atoms with E-state index in [4.69, 9.17) is 52.0 Å². The third kappa shape index (κ3) is 15.6. The number of hydrogen-bond acceptors (Lipinski definition) is 18. The van der Waals surface area contributed by atoms with Gasteiger partial charge < -0.3 is 31.9 Å². The summed E-state index contributed by atoms with van der Waals surface area (Å²) in [6, 6.07) is 8.29. The lowest BCUT2D eigenvalue weighted by Crippen LogP contribution is -2.37. The minimum absolute atomic E-state index is 0.0673. The molecular formula is C84H81Cl3F12N18O3. The molecule has 36 heteroatoms. The molecule has 0 saturated carbocycles. The maximum atomic E-state index is 15.8. The molecule has 3 aromatic carbocycles. The predicted octanol–water partition coefficient (Wildman–Crippen LogP) is 18.9. The number of anilines is 6. The van der Waals surface area contributed by atoms with Gasteiger partial charge in [0.1, 0.15) is 50.3 Å². The fraction of sp³-hybridized carbons (Fsp3) is 0.357. The van der Waals surface area contributed by atoms with Gasteiger partial charge in [-0.25, -0.2) is 95.7 Å². The number of hydrogen-bond donors (Lipinski definition) is 3. The van der Waals surface area contributed by atoms with Gasteiger partial charge in [0.05, 0.1) is 83.4 Å². The van der Waals surface area contributed by atoms with Crippen LogP contribution in [0, 0.1) is 108 Å². The van der Waals surface area contributed by atoms with E-state index >= 15 is 26.3 Å². The first-order valence-corrected chi connectivity index (χ1v) is 39.8. The first-order valence-electron chi connectivity index (χ1n) is 38.6. The molecule has 0 amide bonds. The maximum absolute atomic E-state index is 15.8. The molecule has 9 aromatic heterocycles. The van der Waals surface area contributed by atoms with Crippen molar-refractivity contribution in [2.45, 2.75) is 139 Å². The molecule has 0 radical (unpaired) electrons. The zero-order chi connectivity index (χ0) is 87.1. The molecule has 3 saturated heterocycles. The number of rotatable bonds is 12. The molecule has 12 heterocycles. The van der Waals surface area contributed by atoms with Crippen LogP contribution in [-0.2, 0) is 0 Å². The van der Waals surface area contributed by atoms with Crippen molar-refractivity contribution in [3.8, 4) is 50.8 Å². The van der Waals surface area contributed by atoms with Crippen molar-refractivity contribution in [3.63, 3.8) is 0 Å². The van der Waals surface area contributed by atoms with Crippen molar-refractivity contribution in [1.82, 2.24) is 58.6 Å². The Hall–Kier alpha value is -11.2. The van der Waals surface area contributed by atoms with Gasteiger partial charge in [-0.1, -0.05) is 97.1 Å². The Balaban J connectivity index is 0.000000156. The second kappa shape index (κ2) is 34.1. The van der Waals surface area contributed by atoms with Gasteiger partial charge in [0.2, 0.25) is 0 Å². The highest BCUT2D eigenvalue weighted by atomic mass is 35.5. The fourth-order valence-electron chi connectivity index (χ4n) is 15.8. The van der Waals surface area contributed by atoms with Crippen molar-refractivity contribution >= 4 is 102 Å². The molecule has 3 aliphatic heterocycles. The summed E-state index contributed by atoms with van der Waals surface area (Å²) in [5, 5.41) is -2.58. The smallest absolute Gasteiger partial charge is 0.355 e. The zero-order valence-electron chi connectivity index (χ0n) is 67.0. The van der Waals surface area contributed by atoms with Crippen LogP contribution in [0.3, 0.4) is 0 Å². The molecule has 15 rings (SSSR count). The fourth-order valence-corrected chi connectivity index (χ4v) is 16.4. The standard InChI is InChI=1S/3C28H27ClF4N6O/c1-12(2)23-25(14(4)7-8-35-23)39-27-15(26(37-28(39)40)38-9-5-6-13(3)11-38)10-16(30)24(36-27)17-19(31)21(33)20(32)18(29)22(17)34;1-12(2)23-25(14(4)7-8-35-23)39-27-15(26(37-28(39)40)38-9-5-6-13(3)11-38)10-16(30)24(36-27)17-19(31)18(29)20(32)21(33)22(17)34;1-12(2)23-25(14(4)7-8-35-23)39-27-15(26(37-28(39)40)38-9-5-6-13(3)11-38)10-16(30)24(36-27)17-18(29)20(32)21(33)22(34)19(17)31/h3*7-8,10,12-13H,5-6,9,11,34H2,1-4H3/t3*13-/m000/s1. The van der Waals surface area contributed by atoms with E-state index in [2.05, 4.69) is 65.6 Å². The second-order valence-electron chi connectivity index (χ2n) is 31.5. The lowest BCUT2D eigenvalue weighted by molar-refractivity contribution is 0.445. The third-order valence-corrected chi connectivity index (χ3v) is 22.7. The maximum Gasteiger partial charge on any atom is 0.355 e. The topological polar surface area (TPSA) is 270 Å². The molecule has 3 aliphatic rings. The van der Waals surface area contributed by atoms with Crippen LogP contribution in [0.5, 0.6) is 0 Å². The summed E-state index contributed by atoms with van der Waals surface area (Å²) >= 11 is 17.5. The van der Waals surface area contributed by atoms with E-state index in [9.17, 15) is 40.7 Å². The highest BCUT2D eigenvalue weighted by molar-refractivity contribution is 6.34. The first-order chi connectivity index (χ1) is 56.7. The van der Waals surface area contributed by atoms with Crippen LogP contribution >= 0.6 is 34.8 Å². The minimum Gasteiger partial charge on any atom is -0.397 e. The van der Waals surface area contributed by atoms with Crippen LogP contribution in [0.2, 0.25) is 15.1 Å². The molecule has 0 spiro atoms. The Morgan fingerprint density at radius 1 is 0.375 bits per heavy atom. The average molecular weight is 1730 g/mol. The highest BCUT2D eigenvalue weighted by Crippen LogP contribution is 2.46. The van der Waals surface area contributed by atoms with Gasteiger partial charge in [-0.2, -0.15) is 15.0 Å². The third-order valence-electron chi connectivity index (χ3n) is 21.7. The molecular weight excluding hydrogens is 1640 g/mol. The lowest BCUT2D eigenvalue weighted by Gasteiger charge is -2.32. The van der Waals surface area contributed by atoms with E-state index in [0.717, 1.165) is 56.7 Å². The molecule has 6 N–H and O–H groups in total. The van der Waals surface area contributed by atoms with Crippen molar-refractivity contribution in [3.05, 3.63) is 205 Å². The number of nitrogens with two attached hydrogens (primary N) is 3. The number of fused-ring (bicyclic) bond motifs is 3. The predicted molar refractivity (Wildman–Crippen MR) is 441 cm³/mol. The van der Waals surface area contributed by atoms with E-state index in [1.165, 1.54) is 13.7 Å². The normalized spacial score (nSPS) is 15.8. The van der Waals surface area contributed by atoms with Crippen molar-refractivity contribution in [1.29, 1.82) is 0 Å². The molecule has 630 valence electrons. The van der Waals surface area contributed by atoms with E-state index in [0.29, 0.717) is 108 Å². The second-order valence-corrected chi connectivity index (χ2v) is 32.6. The van der Waals surface area contributed by atoms with Crippen molar-refractivity contribution in [2.24, 2.45) is 17.8 Å². The van der Waals surface area contributed by atoms with Gasteiger partial charge in [0, 0.05) is 57.9 Å². The quantitative estimate of drug-likeness (QED) is 0.0444. The number of nitrogen functional groups attached to an aromatic ring is 3. The number of benzene rings is 3. The van der Waals surface area contributed by atoms with Crippen LogP contribution in [0.1, 0.15) is 152 Å². The lowest BCUT2D eigenvalue weighted by atomic mass is 10.00. The zero-order valence-corrected chi connectivity index (χ0v) is 69.2. The summed E-state index contributed by atoms with van der Waals surface area (Å²) in [6.45, 7) is 26.4. The van der Waals surface area contributed by atoms with Crippen LogP contribution in [0.25, 0.3) is 83.9 Å². The Morgan fingerprint density at radius 2 is 0.683 bits per heavy atom. The summed E-state index contributed by atoms with van der Waals surface area (Å²) in [7, 11) is 0. The van der Waals surface area contributed by atoms with Gasteiger partial charge in [-0.05, 0) is 148 Å². The average Bonchev–Trinajstić information content (AvgIpc) is 0.739. The van der Waals surface area contributed by atoms with Crippen LogP contribution in [0.15, 0.2) is 69.4 Å². The Kier molecular flexibility index (Phi) is 24.7. The molecule has 120 heavy (non-hydrogen) atoms. The van der Waals surface area contributed by atoms with E-state index < -0.39 is 153 Å². The molecule has 3 fully saturated rings. The monoisotopic (exact) mass is 1720 g/mol. The van der Waals surface area contributed by atoms with E-state index in [-0.39, 0.29) is 68.3 Å². The van der Waals surface area contributed by atoms with E-state index in [1.807, 2.05) is 56.2 Å². The van der Waals surface area contributed by atoms with Crippen LogP contribution in [0.4, 0.5) is 87.2 Å².